The minimum atomic E-state index is -0.205. The van der Waals surface area contributed by atoms with Gasteiger partial charge in [-0.05, 0) is 55.1 Å². The van der Waals surface area contributed by atoms with Crippen molar-refractivity contribution < 1.29 is 14.3 Å². The van der Waals surface area contributed by atoms with Gasteiger partial charge in [0.1, 0.15) is 18.5 Å². The molecule has 0 radical (unpaired) electrons. The van der Waals surface area contributed by atoms with Crippen molar-refractivity contribution in [3.05, 3.63) is 65.0 Å². The molecule has 0 N–H and O–H groups in total. The van der Waals surface area contributed by atoms with Crippen LogP contribution in [0.5, 0.6) is 5.75 Å². The van der Waals surface area contributed by atoms with E-state index in [2.05, 4.69) is 71.4 Å². The van der Waals surface area contributed by atoms with Gasteiger partial charge in [-0.1, -0.05) is 30.3 Å². The molecular weight excluding hydrogens is 458 g/mol. The van der Waals surface area contributed by atoms with Crippen molar-refractivity contribution in [2.24, 2.45) is 0 Å². The van der Waals surface area contributed by atoms with Crippen LogP contribution in [0.4, 0.5) is 0 Å². The van der Waals surface area contributed by atoms with Crippen LogP contribution < -0.4 is 4.74 Å². The van der Waals surface area contributed by atoms with Gasteiger partial charge in [0.2, 0.25) is 0 Å². The maximum Gasteiger partial charge on any atom is 0.251 e. The number of fused-ring (bicyclic) bond motifs is 1. The molecule has 0 spiro atoms. The van der Waals surface area contributed by atoms with Crippen LogP contribution in [-0.2, 0) is 22.6 Å². The first-order valence-corrected chi connectivity index (χ1v) is 13.5. The highest BCUT2D eigenvalue weighted by Gasteiger charge is 2.30. The van der Waals surface area contributed by atoms with Crippen molar-refractivity contribution in [3.63, 3.8) is 0 Å². The number of carbonyl (C=O) groups is 1. The molecule has 3 aromatic rings. The normalized spacial score (nSPS) is 19.0. The summed E-state index contributed by atoms with van der Waals surface area (Å²) in [5, 5.41) is 1.33. The van der Waals surface area contributed by atoms with Crippen LogP contribution in [0, 0.1) is 0 Å². The van der Waals surface area contributed by atoms with Crippen molar-refractivity contribution in [2.45, 2.75) is 32.0 Å². The molecule has 1 aromatic heterocycles. The molecule has 5 rings (SSSR count). The van der Waals surface area contributed by atoms with Crippen LogP contribution in [-0.4, -0.2) is 79.7 Å². The molecule has 2 saturated heterocycles. The van der Waals surface area contributed by atoms with Crippen LogP contribution in [0.1, 0.15) is 23.3 Å². The largest absolute Gasteiger partial charge is 0.492 e. The fraction of sp³-hybridized carbons (Fsp3) is 0.464. The summed E-state index contributed by atoms with van der Waals surface area (Å²) in [6, 6.07) is 19.3. The summed E-state index contributed by atoms with van der Waals surface area (Å²) in [4.78, 5) is 20.6. The van der Waals surface area contributed by atoms with Gasteiger partial charge in [-0.3, -0.25) is 14.6 Å². The fourth-order valence-electron chi connectivity index (χ4n) is 4.90. The third kappa shape index (κ3) is 6.41. The molecule has 0 saturated carbocycles. The van der Waals surface area contributed by atoms with E-state index in [1.54, 1.807) is 0 Å². The Balaban J connectivity index is 1.01. The van der Waals surface area contributed by atoms with Crippen LogP contribution in [0.15, 0.2) is 54.6 Å². The van der Waals surface area contributed by atoms with Crippen LogP contribution in [0.2, 0.25) is 0 Å². The summed E-state index contributed by atoms with van der Waals surface area (Å²) in [6.07, 6.45) is 1.66. The zero-order chi connectivity index (χ0) is 24.0. The summed E-state index contributed by atoms with van der Waals surface area (Å²) in [7, 11) is 2.17. The third-order valence-corrected chi connectivity index (χ3v) is 7.94. The number of benzene rings is 2. The van der Waals surface area contributed by atoms with E-state index < -0.39 is 0 Å². The van der Waals surface area contributed by atoms with Crippen LogP contribution in [0.3, 0.4) is 0 Å². The lowest BCUT2D eigenvalue weighted by molar-refractivity contribution is -0.142. The second kappa shape index (κ2) is 11.5. The quantitative estimate of drug-likeness (QED) is 0.446. The molecule has 7 heteroatoms. The van der Waals surface area contributed by atoms with Gasteiger partial charge in [0.25, 0.3) is 5.91 Å². The molecule has 6 nitrogen and oxygen atoms in total. The van der Waals surface area contributed by atoms with Gasteiger partial charge in [0, 0.05) is 62.0 Å². The number of thiophene rings is 1. The zero-order valence-corrected chi connectivity index (χ0v) is 21.3. The van der Waals surface area contributed by atoms with E-state index in [0.717, 1.165) is 71.0 Å². The van der Waals surface area contributed by atoms with Gasteiger partial charge in [-0.2, -0.15) is 0 Å². The number of piperazine rings is 1. The van der Waals surface area contributed by atoms with Crippen molar-refractivity contribution in [1.82, 2.24) is 14.7 Å². The Kier molecular flexibility index (Phi) is 7.99. The Morgan fingerprint density at radius 3 is 2.63 bits per heavy atom. The van der Waals surface area contributed by atoms with Crippen molar-refractivity contribution in [2.75, 3.05) is 53.0 Å². The smallest absolute Gasteiger partial charge is 0.251 e. The lowest BCUT2D eigenvalue weighted by atomic mass is 10.2. The topological polar surface area (TPSA) is 45.2 Å². The Bertz CT molecular complexity index is 1070. The van der Waals surface area contributed by atoms with Crippen molar-refractivity contribution >= 4 is 27.3 Å². The van der Waals surface area contributed by atoms with E-state index >= 15 is 0 Å². The van der Waals surface area contributed by atoms with E-state index in [1.807, 2.05) is 16.2 Å². The third-order valence-electron chi connectivity index (χ3n) is 6.84. The second-order valence-electron chi connectivity index (χ2n) is 9.58. The van der Waals surface area contributed by atoms with Gasteiger partial charge in [0.15, 0.2) is 0 Å². The number of amides is 1. The van der Waals surface area contributed by atoms with E-state index in [0.29, 0.717) is 6.61 Å². The predicted octanol–water partition coefficient (Wildman–Crippen LogP) is 4.24. The Morgan fingerprint density at radius 2 is 1.89 bits per heavy atom. The minimum absolute atomic E-state index is 0.174. The molecule has 0 bridgehead atoms. The summed E-state index contributed by atoms with van der Waals surface area (Å²) >= 11 is 1.88. The standard InChI is InChI=1S/C28H35N3O3S/c1-29(21-25-19-23-5-2-3-7-27(23)35-25)20-22-8-10-24(11-9-22)33-18-16-30-12-14-31(15-13-30)28(32)26-6-4-17-34-26/h2-3,5,7-11,19,26H,4,6,12-18,20-21H2,1H3/t26-/m1/s1. The average molecular weight is 494 g/mol. The highest BCUT2D eigenvalue weighted by Crippen LogP contribution is 2.26. The number of nitrogens with zero attached hydrogens (tertiary/aromatic N) is 3. The van der Waals surface area contributed by atoms with Crippen LogP contribution in [0.25, 0.3) is 10.1 Å². The molecule has 1 amide bonds. The lowest BCUT2D eigenvalue weighted by Gasteiger charge is -2.35. The van der Waals surface area contributed by atoms with E-state index in [-0.39, 0.29) is 12.0 Å². The zero-order valence-electron chi connectivity index (χ0n) is 20.5. The molecule has 1 atom stereocenters. The van der Waals surface area contributed by atoms with Crippen molar-refractivity contribution in [1.29, 1.82) is 0 Å². The average Bonchev–Trinajstić information content (AvgIpc) is 3.55. The van der Waals surface area contributed by atoms with Crippen LogP contribution >= 0.6 is 11.3 Å². The molecule has 2 aliphatic heterocycles. The van der Waals surface area contributed by atoms with Gasteiger partial charge < -0.3 is 14.4 Å². The Morgan fingerprint density at radius 1 is 1.09 bits per heavy atom. The summed E-state index contributed by atoms with van der Waals surface area (Å²) in [6.45, 7) is 7.46. The number of ether oxygens (including phenoxy) is 2. The molecule has 2 aromatic carbocycles. The number of hydrogen-bond acceptors (Lipinski definition) is 6. The summed E-state index contributed by atoms with van der Waals surface area (Å²) < 4.78 is 12.9. The number of carbonyl (C=O) groups excluding carboxylic acids is 1. The number of hydrogen-bond donors (Lipinski definition) is 0. The Hall–Kier alpha value is -2.45. The van der Waals surface area contributed by atoms with Crippen molar-refractivity contribution in [3.8, 4) is 5.75 Å². The highest BCUT2D eigenvalue weighted by atomic mass is 32.1. The lowest BCUT2D eigenvalue weighted by Crippen LogP contribution is -2.52. The number of rotatable bonds is 9. The molecule has 0 unspecified atom stereocenters. The molecule has 3 heterocycles. The first-order valence-electron chi connectivity index (χ1n) is 12.6. The first-order chi connectivity index (χ1) is 17.1. The van der Waals surface area contributed by atoms with Gasteiger partial charge in [-0.15, -0.1) is 11.3 Å². The molecule has 35 heavy (non-hydrogen) atoms. The van der Waals surface area contributed by atoms with Gasteiger partial charge in [0.05, 0.1) is 0 Å². The SMILES string of the molecule is CN(Cc1ccc(OCCN2CCN(C(=O)[C@H]3CCCO3)CC2)cc1)Cc1cc2ccccc2s1. The molecular formula is C28H35N3O3S. The molecule has 186 valence electrons. The van der Waals surface area contributed by atoms with Gasteiger partial charge >= 0.3 is 0 Å². The summed E-state index contributed by atoms with van der Waals surface area (Å²) in [5.74, 6) is 1.08. The molecule has 2 fully saturated rings. The monoisotopic (exact) mass is 493 g/mol. The minimum Gasteiger partial charge on any atom is -0.492 e. The molecule has 2 aliphatic rings. The summed E-state index contributed by atoms with van der Waals surface area (Å²) in [5.41, 5.74) is 1.29. The molecule has 0 aliphatic carbocycles. The van der Waals surface area contributed by atoms with Gasteiger partial charge in [-0.25, -0.2) is 0 Å². The highest BCUT2D eigenvalue weighted by molar-refractivity contribution is 7.19. The maximum absolute atomic E-state index is 12.5. The fourth-order valence-corrected chi connectivity index (χ4v) is 6.04. The second-order valence-corrected chi connectivity index (χ2v) is 10.8. The Labute approximate surface area is 212 Å². The first kappa shape index (κ1) is 24.3. The van der Waals surface area contributed by atoms with E-state index in [1.165, 1.54) is 20.5 Å². The maximum atomic E-state index is 12.5. The van der Waals surface area contributed by atoms with E-state index in [4.69, 9.17) is 9.47 Å². The predicted molar refractivity (Wildman–Crippen MR) is 141 cm³/mol. The van der Waals surface area contributed by atoms with E-state index in [9.17, 15) is 4.79 Å².